The minimum absolute atomic E-state index is 0.142. The SMILES string of the molecule is C1=CC(n2c3ccccc3c3cc(-c4ccc5c(c4)c4ccccc4n5-c4ccccc4)ccc32)CC(c2cccc(-c3cccc(-c4nc(-c5ccccc5)cc(-c5ccccc5)n4)c3)c2)=C1. The molecule has 13 rings (SSSR count). The molecule has 3 aromatic heterocycles. The minimum Gasteiger partial charge on any atom is -0.333 e. The molecule has 320 valence electrons. The highest BCUT2D eigenvalue weighted by atomic mass is 15.0. The topological polar surface area (TPSA) is 35.6 Å². The highest BCUT2D eigenvalue weighted by Crippen LogP contribution is 2.41. The Hall–Kier alpha value is -8.86. The first-order chi connectivity index (χ1) is 33.7. The van der Waals surface area contributed by atoms with Gasteiger partial charge in [-0.15, -0.1) is 0 Å². The van der Waals surface area contributed by atoms with Gasteiger partial charge in [0, 0.05) is 55.0 Å². The van der Waals surface area contributed by atoms with E-state index >= 15 is 0 Å². The van der Waals surface area contributed by atoms with Gasteiger partial charge in [0.2, 0.25) is 0 Å². The molecule has 0 radical (unpaired) electrons. The molecule has 0 saturated heterocycles. The maximum atomic E-state index is 5.12. The van der Waals surface area contributed by atoms with Gasteiger partial charge in [-0.05, 0) is 107 Å². The van der Waals surface area contributed by atoms with Gasteiger partial charge in [-0.25, -0.2) is 9.97 Å². The van der Waals surface area contributed by atoms with Crippen LogP contribution in [0, 0.1) is 0 Å². The second-order valence-electron chi connectivity index (χ2n) is 17.7. The Bertz CT molecular complexity index is 3870. The summed E-state index contributed by atoms with van der Waals surface area (Å²) in [5, 5.41) is 5.06. The monoisotopic (exact) mass is 868 g/mol. The Labute approximate surface area is 395 Å². The molecule has 0 fully saturated rings. The van der Waals surface area contributed by atoms with E-state index in [0.29, 0.717) is 5.82 Å². The Morgan fingerprint density at radius 1 is 0.353 bits per heavy atom. The third-order valence-corrected chi connectivity index (χ3v) is 13.7. The van der Waals surface area contributed by atoms with Gasteiger partial charge < -0.3 is 9.13 Å². The summed E-state index contributed by atoms with van der Waals surface area (Å²) in [5.74, 6) is 0.706. The van der Waals surface area contributed by atoms with Crippen LogP contribution < -0.4 is 0 Å². The number of fused-ring (bicyclic) bond motifs is 6. The molecule has 4 nitrogen and oxygen atoms in total. The van der Waals surface area contributed by atoms with Crippen LogP contribution in [0.4, 0.5) is 0 Å². The van der Waals surface area contributed by atoms with Crippen molar-refractivity contribution in [1.29, 1.82) is 0 Å². The van der Waals surface area contributed by atoms with E-state index in [2.05, 4.69) is 246 Å². The second-order valence-corrected chi connectivity index (χ2v) is 17.7. The van der Waals surface area contributed by atoms with Crippen molar-refractivity contribution >= 4 is 49.2 Å². The van der Waals surface area contributed by atoms with E-state index in [-0.39, 0.29) is 6.04 Å². The molecular formula is C64H44N4. The summed E-state index contributed by atoms with van der Waals surface area (Å²) >= 11 is 0. The maximum absolute atomic E-state index is 5.12. The van der Waals surface area contributed by atoms with Gasteiger partial charge in [0.1, 0.15) is 0 Å². The van der Waals surface area contributed by atoms with Crippen LogP contribution in [-0.4, -0.2) is 19.1 Å². The lowest BCUT2D eigenvalue weighted by molar-refractivity contribution is 0.656. The number of hydrogen-bond acceptors (Lipinski definition) is 2. The number of para-hydroxylation sites is 3. The molecule has 0 saturated carbocycles. The quantitative estimate of drug-likeness (QED) is 0.153. The van der Waals surface area contributed by atoms with E-state index < -0.39 is 0 Å². The predicted octanol–water partition coefficient (Wildman–Crippen LogP) is 16.6. The summed E-state index contributed by atoms with van der Waals surface area (Å²) in [6.45, 7) is 0. The predicted molar refractivity (Wildman–Crippen MR) is 284 cm³/mol. The van der Waals surface area contributed by atoms with Crippen molar-refractivity contribution in [3.05, 3.63) is 254 Å². The Morgan fingerprint density at radius 3 is 1.50 bits per heavy atom. The first-order valence-electron chi connectivity index (χ1n) is 23.4. The van der Waals surface area contributed by atoms with Crippen molar-refractivity contribution in [3.8, 4) is 61.8 Å². The lowest BCUT2D eigenvalue weighted by Gasteiger charge is -2.23. The molecule has 0 amide bonds. The summed E-state index contributed by atoms with van der Waals surface area (Å²) in [7, 11) is 0. The summed E-state index contributed by atoms with van der Waals surface area (Å²) < 4.78 is 4.93. The zero-order valence-corrected chi connectivity index (χ0v) is 37.2. The van der Waals surface area contributed by atoms with Gasteiger partial charge >= 0.3 is 0 Å². The Kier molecular flexibility index (Phi) is 9.61. The molecule has 0 spiro atoms. The smallest absolute Gasteiger partial charge is 0.160 e. The van der Waals surface area contributed by atoms with E-state index in [9.17, 15) is 0 Å². The zero-order chi connectivity index (χ0) is 45.0. The van der Waals surface area contributed by atoms with Crippen molar-refractivity contribution in [2.45, 2.75) is 12.5 Å². The third-order valence-electron chi connectivity index (χ3n) is 13.7. The summed E-state index contributed by atoms with van der Waals surface area (Å²) in [6.07, 6.45) is 7.77. The van der Waals surface area contributed by atoms with Crippen molar-refractivity contribution in [2.24, 2.45) is 0 Å². The summed E-state index contributed by atoms with van der Waals surface area (Å²) in [6, 6.07) is 82.9. The molecule has 0 bridgehead atoms. The molecule has 1 unspecified atom stereocenters. The molecule has 9 aromatic carbocycles. The lowest BCUT2D eigenvalue weighted by Crippen LogP contribution is -2.09. The largest absolute Gasteiger partial charge is 0.333 e. The van der Waals surface area contributed by atoms with Gasteiger partial charge in [0.05, 0.1) is 28.5 Å². The van der Waals surface area contributed by atoms with E-state index in [4.69, 9.17) is 9.97 Å². The molecular weight excluding hydrogens is 825 g/mol. The molecule has 3 heterocycles. The molecule has 1 aliphatic rings. The number of benzene rings is 9. The highest BCUT2D eigenvalue weighted by Gasteiger charge is 2.22. The minimum atomic E-state index is 0.142. The highest BCUT2D eigenvalue weighted by molar-refractivity contribution is 6.12. The Morgan fingerprint density at radius 2 is 0.824 bits per heavy atom. The van der Waals surface area contributed by atoms with Crippen LogP contribution in [0.1, 0.15) is 18.0 Å². The van der Waals surface area contributed by atoms with E-state index in [1.54, 1.807) is 0 Å². The third kappa shape index (κ3) is 6.94. The summed E-state index contributed by atoms with van der Waals surface area (Å²) in [4.78, 5) is 10.2. The molecule has 0 N–H and O–H groups in total. The van der Waals surface area contributed by atoms with Crippen LogP contribution in [0.25, 0.3) is 111 Å². The van der Waals surface area contributed by atoms with Crippen LogP contribution >= 0.6 is 0 Å². The number of aromatic nitrogens is 4. The maximum Gasteiger partial charge on any atom is 0.160 e. The van der Waals surface area contributed by atoms with Gasteiger partial charge in [-0.2, -0.15) is 0 Å². The molecule has 4 heteroatoms. The van der Waals surface area contributed by atoms with Crippen LogP contribution in [0.5, 0.6) is 0 Å². The molecule has 12 aromatic rings. The zero-order valence-electron chi connectivity index (χ0n) is 37.2. The fraction of sp³-hybridized carbons (Fsp3) is 0.0312. The lowest BCUT2D eigenvalue weighted by atomic mass is 9.91. The van der Waals surface area contributed by atoms with Gasteiger partial charge in [-0.1, -0.05) is 182 Å². The molecule has 1 aliphatic carbocycles. The van der Waals surface area contributed by atoms with Gasteiger partial charge in [0.25, 0.3) is 0 Å². The van der Waals surface area contributed by atoms with Crippen molar-refractivity contribution in [3.63, 3.8) is 0 Å². The number of nitrogens with zero attached hydrogens (tertiary/aromatic N) is 4. The summed E-state index contributed by atoms with van der Waals surface area (Å²) in [5.41, 5.74) is 18.2. The van der Waals surface area contributed by atoms with Crippen LogP contribution in [0.15, 0.2) is 249 Å². The molecule has 68 heavy (non-hydrogen) atoms. The van der Waals surface area contributed by atoms with E-state index in [1.165, 1.54) is 71.6 Å². The van der Waals surface area contributed by atoms with Crippen LogP contribution in [0.2, 0.25) is 0 Å². The van der Waals surface area contributed by atoms with Crippen LogP contribution in [0.3, 0.4) is 0 Å². The fourth-order valence-corrected chi connectivity index (χ4v) is 10.4. The van der Waals surface area contributed by atoms with Crippen molar-refractivity contribution in [1.82, 2.24) is 19.1 Å². The van der Waals surface area contributed by atoms with E-state index in [1.807, 2.05) is 12.1 Å². The molecule has 0 aliphatic heterocycles. The average Bonchev–Trinajstić information content (AvgIpc) is 3.94. The second kappa shape index (κ2) is 16.5. The first kappa shape index (κ1) is 39.5. The average molecular weight is 869 g/mol. The Balaban J connectivity index is 0.826. The number of rotatable bonds is 8. The van der Waals surface area contributed by atoms with Gasteiger partial charge in [0.15, 0.2) is 5.82 Å². The van der Waals surface area contributed by atoms with E-state index in [0.717, 1.165) is 45.6 Å². The van der Waals surface area contributed by atoms with Gasteiger partial charge in [-0.3, -0.25) is 0 Å². The molecule has 1 atom stereocenters. The van der Waals surface area contributed by atoms with Crippen molar-refractivity contribution in [2.75, 3.05) is 0 Å². The van der Waals surface area contributed by atoms with Crippen molar-refractivity contribution < 1.29 is 0 Å². The standard InChI is InChI=1S/C64H44N4/c1-4-17-43(18-5-1)58-42-59(44-19-6-2-7-20-44)66-64(65-58)51-25-15-23-47(38-51)45-21-14-22-46(37-45)48-24-16-28-53(39-48)68-61-32-13-11-30-55(61)57-41-50(34-36-63(57)68)49-33-35-62-56(40-49)54-29-10-12-31-60(54)67(62)52-26-8-3-9-27-52/h1-38,40-42,53H,39H2. The number of allylic oxidation sites excluding steroid dienone is 4. The normalized spacial score (nSPS) is 13.7. The first-order valence-corrected chi connectivity index (χ1v) is 23.4. The van der Waals surface area contributed by atoms with Crippen LogP contribution in [-0.2, 0) is 0 Å². The fourth-order valence-electron chi connectivity index (χ4n) is 10.4. The number of hydrogen-bond donors (Lipinski definition) is 0.